The molecule has 2 rings (SSSR count). The van der Waals surface area contributed by atoms with Crippen LogP contribution >= 0.6 is 12.6 Å². The Balaban J connectivity index is 2.71. The predicted molar refractivity (Wildman–Crippen MR) is 78.9 cm³/mol. The van der Waals surface area contributed by atoms with Crippen molar-refractivity contribution in [2.45, 2.75) is 26.5 Å². The van der Waals surface area contributed by atoms with Crippen molar-refractivity contribution >= 4 is 12.6 Å². The smallest absolute Gasteiger partial charge is 0.185 e. The Kier molecular flexibility index (Phi) is 3.62. The lowest BCUT2D eigenvalue weighted by Crippen LogP contribution is -2.13. The molecular weight excluding hydrogens is 242 g/mol. The molecule has 0 saturated heterocycles. The Morgan fingerprint density at radius 2 is 1.94 bits per heavy atom. The average molecular weight is 259 g/mol. The van der Waals surface area contributed by atoms with E-state index in [2.05, 4.69) is 43.2 Å². The minimum absolute atomic E-state index is 0.0593. The van der Waals surface area contributed by atoms with Crippen LogP contribution in [0.15, 0.2) is 35.3 Å². The molecule has 0 spiro atoms. The fourth-order valence-corrected chi connectivity index (χ4v) is 2.29. The maximum Gasteiger partial charge on any atom is 0.185 e. The van der Waals surface area contributed by atoms with Gasteiger partial charge >= 0.3 is 0 Å². The number of hydrogen-bond donors (Lipinski definition) is 1. The van der Waals surface area contributed by atoms with Gasteiger partial charge in [-0.25, -0.2) is 0 Å². The summed E-state index contributed by atoms with van der Waals surface area (Å²) < 4.78 is 2.06. The Hall–Kier alpha value is -1.48. The van der Waals surface area contributed by atoms with E-state index >= 15 is 0 Å². The fourth-order valence-electron chi connectivity index (χ4n) is 2.05. The highest BCUT2D eigenvalue weighted by Gasteiger charge is 2.07. The van der Waals surface area contributed by atoms with Gasteiger partial charge in [-0.05, 0) is 38.0 Å². The second-order valence-electron chi connectivity index (χ2n) is 4.55. The van der Waals surface area contributed by atoms with Gasteiger partial charge in [0.15, 0.2) is 5.43 Å². The highest BCUT2D eigenvalue weighted by molar-refractivity contribution is 7.79. The summed E-state index contributed by atoms with van der Waals surface area (Å²) in [6, 6.07) is 7.88. The zero-order valence-corrected chi connectivity index (χ0v) is 11.8. The zero-order chi connectivity index (χ0) is 13.3. The van der Waals surface area contributed by atoms with E-state index in [0.29, 0.717) is 5.75 Å². The molecule has 0 fully saturated rings. The number of thiol groups is 1. The molecule has 0 aliphatic heterocycles. The van der Waals surface area contributed by atoms with Crippen molar-refractivity contribution in [2.75, 3.05) is 0 Å². The lowest BCUT2D eigenvalue weighted by molar-refractivity contribution is 0.943. The summed E-state index contributed by atoms with van der Waals surface area (Å²) >= 11 is 4.21. The molecule has 0 atom stereocenters. The summed E-state index contributed by atoms with van der Waals surface area (Å²) in [6.45, 7) is 6.14. The third kappa shape index (κ3) is 2.23. The van der Waals surface area contributed by atoms with Crippen LogP contribution in [-0.2, 0) is 5.75 Å². The van der Waals surface area contributed by atoms with Crippen molar-refractivity contribution in [1.29, 1.82) is 0 Å². The lowest BCUT2D eigenvalue weighted by Gasteiger charge is -2.16. The standard InChI is InChI=1S/C15H17NOS/c1-10-5-4-6-14(12(10)3)16-8-13(9-18)15(17)7-11(16)2/h4-8,18H,9H2,1-3H3. The van der Waals surface area contributed by atoms with Crippen molar-refractivity contribution in [3.63, 3.8) is 0 Å². The van der Waals surface area contributed by atoms with Crippen LogP contribution in [0.1, 0.15) is 22.4 Å². The van der Waals surface area contributed by atoms with Crippen LogP contribution < -0.4 is 5.43 Å². The Labute approximate surface area is 113 Å². The molecule has 0 amide bonds. The van der Waals surface area contributed by atoms with Gasteiger partial charge in [-0.1, -0.05) is 12.1 Å². The number of rotatable bonds is 2. The van der Waals surface area contributed by atoms with Crippen LogP contribution in [0, 0.1) is 20.8 Å². The van der Waals surface area contributed by atoms with E-state index < -0.39 is 0 Å². The Bertz CT molecular complexity index is 643. The first kappa shape index (κ1) is 13.0. The predicted octanol–water partition coefficient (Wildman–Crippen LogP) is 3.19. The minimum atomic E-state index is 0.0593. The molecule has 2 nitrogen and oxygen atoms in total. The van der Waals surface area contributed by atoms with E-state index in [0.717, 1.165) is 16.9 Å². The van der Waals surface area contributed by atoms with Gasteiger partial charge in [0, 0.05) is 35.0 Å². The summed E-state index contributed by atoms with van der Waals surface area (Å²) in [4.78, 5) is 11.7. The molecule has 0 bridgehead atoms. The van der Waals surface area contributed by atoms with Crippen LogP contribution in [-0.4, -0.2) is 4.57 Å². The Morgan fingerprint density at radius 1 is 1.22 bits per heavy atom. The van der Waals surface area contributed by atoms with Crippen molar-refractivity contribution in [3.8, 4) is 5.69 Å². The van der Waals surface area contributed by atoms with Crippen LogP contribution in [0.5, 0.6) is 0 Å². The average Bonchev–Trinajstić information content (AvgIpc) is 2.34. The van der Waals surface area contributed by atoms with Crippen molar-refractivity contribution < 1.29 is 0 Å². The largest absolute Gasteiger partial charge is 0.320 e. The van der Waals surface area contributed by atoms with Crippen LogP contribution in [0.25, 0.3) is 5.69 Å². The van der Waals surface area contributed by atoms with Gasteiger partial charge in [0.25, 0.3) is 0 Å². The second kappa shape index (κ2) is 5.02. The third-order valence-corrected chi connectivity index (χ3v) is 3.67. The van der Waals surface area contributed by atoms with Gasteiger partial charge in [0.1, 0.15) is 0 Å². The molecule has 94 valence electrons. The zero-order valence-electron chi connectivity index (χ0n) is 10.9. The molecule has 0 saturated carbocycles. The summed E-state index contributed by atoms with van der Waals surface area (Å²) in [5.41, 5.74) is 5.33. The van der Waals surface area contributed by atoms with E-state index in [4.69, 9.17) is 0 Å². The number of nitrogens with zero attached hydrogens (tertiary/aromatic N) is 1. The van der Waals surface area contributed by atoms with Crippen LogP contribution in [0.2, 0.25) is 0 Å². The van der Waals surface area contributed by atoms with Crippen LogP contribution in [0.3, 0.4) is 0 Å². The van der Waals surface area contributed by atoms with Crippen LogP contribution in [0.4, 0.5) is 0 Å². The molecule has 18 heavy (non-hydrogen) atoms. The van der Waals surface area contributed by atoms with Crippen molar-refractivity contribution in [1.82, 2.24) is 4.57 Å². The molecule has 1 heterocycles. The number of aryl methyl sites for hydroxylation is 2. The molecule has 0 aliphatic rings. The number of aromatic nitrogens is 1. The van der Waals surface area contributed by atoms with E-state index in [-0.39, 0.29) is 5.43 Å². The lowest BCUT2D eigenvalue weighted by atomic mass is 10.1. The molecule has 1 aromatic carbocycles. The summed E-state index contributed by atoms with van der Waals surface area (Å²) in [5, 5.41) is 0. The highest BCUT2D eigenvalue weighted by Crippen LogP contribution is 2.19. The minimum Gasteiger partial charge on any atom is -0.320 e. The molecule has 0 aliphatic carbocycles. The van der Waals surface area contributed by atoms with Crippen molar-refractivity contribution in [2.24, 2.45) is 0 Å². The molecule has 0 radical (unpaired) electrons. The second-order valence-corrected chi connectivity index (χ2v) is 4.87. The highest BCUT2D eigenvalue weighted by atomic mass is 32.1. The van der Waals surface area contributed by atoms with E-state index in [9.17, 15) is 4.79 Å². The number of pyridine rings is 1. The van der Waals surface area contributed by atoms with E-state index in [1.165, 1.54) is 11.1 Å². The summed E-state index contributed by atoms with van der Waals surface area (Å²) in [5.74, 6) is 0.462. The van der Waals surface area contributed by atoms with Gasteiger partial charge in [-0.3, -0.25) is 4.79 Å². The number of hydrogen-bond acceptors (Lipinski definition) is 2. The van der Waals surface area contributed by atoms with Gasteiger partial charge < -0.3 is 4.57 Å². The molecule has 2 aromatic rings. The number of benzene rings is 1. The van der Waals surface area contributed by atoms with E-state index in [1.54, 1.807) is 6.07 Å². The SMILES string of the molecule is Cc1cccc(-n2cc(CS)c(=O)cc2C)c1C. The van der Waals surface area contributed by atoms with Gasteiger partial charge in [0.05, 0.1) is 0 Å². The van der Waals surface area contributed by atoms with Gasteiger partial charge in [0.2, 0.25) is 0 Å². The molecule has 3 heteroatoms. The maximum atomic E-state index is 11.7. The third-order valence-electron chi connectivity index (χ3n) is 3.33. The molecule has 1 aromatic heterocycles. The first-order valence-electron chi connectivity index (χ1n) is 5.94. The fraction of sp³-hybridized carbons (Fsp3) is 0.267. The van der Waals surface area contributed by atoms with Gasteiger partial charge in [-0.2, -0.15) is 12.6 Å². The van der Waals surface area contributed by atoms with E-state index in [1.807, 2.05) is 19.2 Å². The molecule has 0 unspecified atom stereocenters. The quantitative estimate of drug-likeness (QED) is 0.822. The maximum absolute atomic E-state index is 11.7. The normalized spacial score (nSPS) is 10.7. The topological polar surface area (TPSA) is 22.0 Å². The van der Waals surface area contributed by atoms with Gasteiger partial charge in [-0.15, -0.1) is 0 Å². The summed E-state index contributed by atoms with van der Waals surface area (Å²) in [6.07, 6.45) is 1.90. The monoisotopic (exact) mass is 259 g/mol. The molecule has 0 N–H and O–H groups in total. The van der Waals surface area contributed by atoms with Crippen molar-refractivity contribution in [3.05, 3.63) is 63.1 Å². The molecular formula is C15H17NOS. The Morgan fingerprint density at radius 3 is 2.61 bits per heavy atom. The first-order valence-corrected chi connectivity index (χ1v) is 6.57. The first-order chi connectivity index (χ1) is 8.54. The summed E-state index contributed by atoms with van der Waals surface area (Å²) in [7, 11) is 0.